The number of carboxylic acids is 1. The Hall–Kier alpha value is -0.750. The Labute approximate surface area is 119 Å². The van der Waals surface area contributed by atoms with Gasteiger partial charge < -0.3 is 10.4 Å². The second-order valence-electron chi connectivity index (χ2n) is 5.14. The number of rotatable bonds is 8. The molecular formula is C13H24N2O3S. The third-order valence-electron chi connectivity index (χ3n) is 3.58. The first kappa shape index (κ1) is 16.3. The van der Waals surface area contributed by atoms with E-state index in [0.717, 1.165) is 25.1 Å². The van der Waals surface area contributed by atoms with Crippen LogP contribution >= 0.6 is 11.8 Å². The molecule has 0 heterocycles. The summed E-state index contributed by atoms with van der Waals surface area (Å²) in [6, 6.07) is 0.506. The average Bonchev–Trinajstić information content (AvgIpc) is 2.30. The van der Waals surface area contributed by atoms with Crippen molar-refractivity contribution in [3.05, 3.63) is 0 Å². The Morgan fingerprint density at radius 3 is 2.58 bits per heavy atom. The topological polar surface area (TPSA) is 69.6 Å². The molecule has 0 aromatic carbocycles. The number of hydrogen-bond acceptors (Lipinski definition) is 4. The second kappa shape index (κ2) is 7.75. The van der Waals surface area contributed by atoms with Crippen molar-refractivity contribution >= 4 is 23.6 Å². The fraction of sp³-hybridized carbons (Fsp3) is 0.846. The molecule has 110 valence electrons. The second-order valence-corrected chi connectivity index (χ2v) is 6.05. The third kappa shape index (κ3) is 5.03. The number of thioether (sulfide) groups is 1. The maximum Gasteiger partial charge on any atom is 0.317 e. The first-order valence-electron chi connectivity index (χ1n) is 6.73. The molecule has 19 heavy (non-hydrogen) atoms. The highest BCUT2D eigenvalue weighted by molar-refractivity contribution is 7.98. The number of aliphatic carboxylic acids is 1. The molecular weight excluding hydrogens is 264 g/mol. The van der Waals surface area contributed by atoms with Crippen LogP contribution in [0.3, 0.4) is 0 Å². The Morgan fingerprint density at radius 1 is 1.47 bits per heavy atom. The molecule has 0 aromatic heterocycles. The van der Waals surface area contributed by atoms with Gasteiger partial charge in [0, 0.05) is 23.8 Å². The Balaban J connectivity index is 2.29. The highest BCUT2D eigenvalue weighted by atomic mass is 32.2. The van der Waals surface area contributed by atoms with Crippen LogP contribution < -0.4 is 5.32 Å². The molecule has 0 unspecified atom stereocenters. The summed E-state index contributed by atoms with van der Waals surface area (Å²) in [5.74, 6) is 0.194. The number of nitrogens with zero attached hydrogens (tertiary/aromatic N) is 1. The van der Waals surface area contributed by atoms with Gasteiger partial charge in [0.05, 0.1) is 6.54 Å². The molecule has 0 aliphatic heterocycles. The van der Waals surface area contributed by atoms with E-state index in [2.05, 4.69) is 5.32 Å². The monoisotopic (exact) mass is 288 g/mol. The molecule has 1 rings (SSSR count). The summed E-state index contributed by atoms with van der Waals surface area (Å²) < 4.78 is 0. The lowest BCUT2D eigenvalue weighted by Gasteiger charge is -2.42. The summed E-state index contributed by atoms with van der Waals surface area (Å²) >= 11 is 1.67. The fourth-order valence-corrected chi connectivity index (χ4v) is 3.00. The molecule has 6 heteroatoms. The van der Waals surface area contributed by atoms with Crippen LogP contribution in [0.1, 0.15) is 26.7 Å². The predicted molar refractivity (Wildman–Crippen MR) is 77.4 cm³/mol. The molecule has 0 radical (unpaired) electrons. The van der Waals surface area contributed by atoms with Gasteiger partial charge in [0.15, 0.2) is 0 Å². The summed E-state index contributed by atoms with van der Waals surface area (Å²) in [6.07, 6.45) is 3.71. The van der Waals surface area contributed by atoms with Crippen molar-refractivity contribution in [1.29, 1.82) is 0 Å². The van der Waals surface area contributed by atoms with Crippen LogP contribution in [-0.4, -0.2) is 59.1 Å². The smallest absolute Gasteiger partial charge is 0.317 e. The van der Waals surface area contributed by atoms with Gasteiger partial charge in [0.25, 0.3) is 0 Å². The summed E-state index contributed by atoms with van der Waals surface area (Å²) in [5.41, 5.74) is 0. The highest BCUT2D eigenvalue weighted by Gasteiger charge is 2.35. The van der Waals surface area contributed by atoms with Crippen LogP contribution in [0.25, 0.3) is 0 Å². The van der Waals surface area contributed by atoms with Crippen LogP contribution in [0.4, 0.5) is 0 Å². The molecule has 1 saturated carbocycles. The molecule has 1 aliphatic rings. The van der Waals surface area contributed by atoms with Crippen molar-refractivity contribution in [2.75, 3.05) is 25.1 Å². The minimum absolute atomic E-state index is 0.0374. The number of amides is 1. The molecule has 1 fully saturated rings. The zero-order valence-corrected chi connectivity index (χ0v) is 12.7. The van der Waals surface area contributed by atoms with E-state index in [1.54, 1.807) is 11.8 Å². The summed E-state index contributed by atoms with van der Waals surface area (Å²) in [7, 11) is 0. The van der Waals surface area contributed by atoms with E-state index in [9.17, 15) is 9.59 Å². The van der Waals surface area contributed by atoms with Crippen molar-refractivity contribution in [2.24, 2.45) is 5.92 Å². The average molecular weight is 288 g/mol. The molecule has 0 bridgehead atoms. The van der Waals surface area contributed by atoms with Crippen LogP contribution in [0.5, 0.6) is 0 Å². The number of likely N-dealkylation sites (N-methyl/N-ethyl adjacent to an activating group) is 1. The van der Waals surface area contributed by atoms with Gasteiger partial charge in [-0.1, -0.05) is 13.8 Å². The van der Waals surface area contributed by atoms with Crippen LogP contribution in [0.15, 0.2) is 0 Å². The number of carboxylic acid groups (broad SMARTS) is 1. The van der Waals surface area contributed by atoms with Gasteiger partial charge in [0.1, 0.15) is 0 Å². The number of carbonyl (C=O) groups excluding carboxylic acids is 1. The van der Waals surface area contributed by atoms with Crippen molar-refractivity contribution in [3.8, 4) is 0 Å². The van der Waals surface area contributed by atoms with Gasteiger partial charge in [-0.25, -0.2) is 0 Å². The highest BCUT2D eigenvalue weighted by Crippen LogP contribution is 2.25. The van der Waals surface area contributed by atoms with Crippen molar-refractivity contribution in [2.45, 2.75) is 38.8 Å². The minimum Gasteiger partial charge on any atom is -0.480 e. The minimum atomic E-state index is -0.789. The van der Waals surface area contributed by atoms with Crippen molar-refractivity contribution in [1.82, 2.24) is 10.2 Å². The molecule has 1 atom stereocenters. The lowest BCUT2D eigenvalue weighted by atomic mass is 9.85. The van der Waals surface area contributed by atoms with Gasteiger partial charge >= 0.3 is 5.97 Å². The van der Waals surface area contributed by atoms with E-state index in [-0.39, 0.29) is 24.4 Å². The number of carbonyl (C=O) groups is 2. The maximum atomic E-state index is 11.8. The Bertz CT molecular complexity index is 319. The normalized spacial score (nSPS) is 23.8. The largest absolute Gasteiger partial charge is 0.480 e. The van der Waals surface area contributed by atoms with Crippen molar-refractivity contribution < 1.29 is 14.7 Å². The zero-order valence-electron chi connectivity index (χ0n) is 11.9. The predicted octanol–water partition coefficient (Wildman–Crippen LogP) is 1.04. The number of hydrogen-bond donors (Lipinski definition) is 2. The van der Waals surface area contributed by atoms with Crippen LogP contribution in [0.2, 0.25) is 0 Å². The Kier molecular flexibility index (Phi) is 6.65. The molecule has 2 N–H and O–H groups in total. The third-order valence-corrected chi connectivity index (χ3v) is 4.42. The van der Waals surface area contributed by atoms with Gasteiger partial charge in [-0.15, -0.1) is 0 Å². The van der Waals surface area contributed by atoms with Crippen LogP contribution in [-0.2, 0) is 9.59 Å². The molecule has 1 amide bonds. The molecule has 1 aliphatic carbocycles. The molecule has 0 spiro atoms. The quantitative estimate of drug-likeness (QED) is 0.698. The van der Waals surface area contributed by atoms with E-state index < -0.39 is 5.97 Å². The number of nitrogens with one attached hydrogen (secondary N) is 1. The zero-order chi connectivity index (χ0) is 14.4. The van der Waals surface area contributed by atoms with Gasteiger partial charge in [-0.2, -0.15) is 11.8 Å². The lowest BCUT2D eigenvalue weighted by molar-refractivity contribution is -0.140. The Morgan fingerprint density at radius 2 is 2.11 bits per heavy atom. The first-order valence-corrected chi connectivity index (χ1v) is 8.12. The molecule has 0 aromatic rings. The summed E-state index contributed by atoms with van der Waals surface area (Å²) in [5, 5.41) is 11.8. The maximum absolute atomic E-state index is 11.8. The van der Waals surface area contributed by atoms with Crippen molar-refractivity contribution in [3.63, 3.8) is 0 Å². The summed E-state index contributed by atoms with van der Waals surface area (Å²) in [4.78, 5) is 24.5. The van der Waals surface area contributed by atoms with Gasteiger partial charge in [-0.3, -0.25) is 14.5 Å². The molecule has 0 saturated heterocycles. The van der Waals surface area contributed by atoms with Crippen LogP contribution in [0, 0.1) is 5.92 Å². The lowest BCUT2D eigenvalue weighted by Crippen LogP contribution is -2.55. The fourth-order valence-electron chi connectivity index (χ4n) is 2.35. The van der Waals surface area contributed by atoms with E-state index in [0.29, 0.717) is 6.04 Å². The van der Waals surface area contributed by atoms with E-state index in [1.807, 2.05) is 25.0 Å². The summed E-state index contributed by atoms with van der Waals surface area (Å²) in [6.45, 7) is 4.73. The van der Waals surface area contributed by atoms with Gasteiger partial charge in [0.2, 0.25) is 5.91 Å². The SMILES string of the molecule is CCN(CC(=O)O)C1CC(NC(=O)[C@H](C)CSC)C1. The van der Waals surface area contributed by atoms with E-state index in [1.165, 1.54) is 0 Å². The molecule has 5 nitrogen and oxygen atoms in total. The van der Waals surface area contributed by atoms with E-state index >= 15 is 0 Å². The standard InChI is InChI=1S/C13H24N2O3S/c1-4-15(7-12(16)17)11-5-10(6-11)14-13(18)9(2)8-19-3/h9-11H,4-8H2,1-3H3,(H,14,18)(H,16,17)/t9-,10?,11?/m1/s1. The van der Waals surface area contributed by atoms with E-state index in [4.69, 9.17) is 5.11 Å². The first-order chi connectivity index (χ1) is 8.97. The van der Waals surface area contributed by atoms with Gasteiger partial charge in [-0.05, 0) is 25.6 Å².